The first-order chi connectivity index (χ1) is 13.9. The number of carbonyl (C=O) groups is 2. The van der Waals surface area contributed by atoms with Crippen LogP contribution in [0.4, 0.5) is 0 Å². The van der Waals surface area contributed by atoms with Crippen LogP contribution in [0.15, 0.2) is 51.8 Å². The summed E-state index contributed by atoms with van der Waals surface area (Å²) in [5, 5.41) is 7.34. The van der Waals surface area contributed by atoms with Crippen LogP contribution in [-0.2, 0) is 17.8 Å². The molecule has 9 heteroatoms. The monoisotopic (exact) mass is 414 g/mol. The van der Waals surface area contributed by atoms with E-state index in [-0.39, 0.29) is 37.1 Å². The normalized spacial score (nSPS) is 15.0. The first-order valence-corrected chi connectivity index (χ1v) is 9.46. The number of benzene rings is 1. The number of carbonyl (C=O) groups excluding carboxylic acids is 2. The topological polar surface area (TPSA) is 101 Å². The molecule has 29 heavy (non-hydrogen) atoms. The molecule has 0 unspecified atom stereocenters. The lowest BCUT2D eigenvalue weighted by molar-refractivity contribution is -0.139. The number of rotatable bonds is 6. The highest BCUT2D eigenvalue weighted by atomic mass is 35.5. The Bertz CT molecular complexity index is 1010. The number of aromatic nitrogens is 2. The van der Waals surface area contributed by atoms with Crippen molar-refractivity contribution in [3.05, 3.63) is 70.7 Å². The van der Waals surface area contributed by atoms with Crippen LogP contribution in [0.25, 0.3) is 0 Å². The van der Waals surface area contributed by atoms with Crippen molar-refractivity contribution in [2.24, 2.45) is 5.41 Å². The molecule has 1 aromatic carbocycles. The first-order valence-electron chi connectivity index (χ1n) is 9.09. The first kappa shape index (κ1) is 19.2. The van der Waals surface area contributed by atoms with Crippen LogP contribution >= 0.6 is 11.6 Å². The third-order valence-corrected chi connectivity index (χ3v) is 5.22. The van der Waals surface area contributed by atoms with Gasteiger partial charge in [-0.3, -0.25) is 9.59 Å². The zero-order valence-corrected chi connectivity index (χ0v) is 16.5. The molecule has 1 saturated heterocycles. The van der Waals surface area contributed by atoms with Crippen LogP contribution in [0, 0.1) is 12.3 Å². The van der Waals surface area contributed by atoms with Crippen LogP contribution in [-0.4, -0.2) is 39.9 Å². The largest absolute Gasteiger partial charge is 0.448 e. The summed E-state index contributed by atoms with van der Waals surface area (Å²) in [5.41, 5.74) is 1.10. The molecule has 0 saturated carbocycles. The Morgan fingerprint density at radius 1 is 1.24 bits per heavy atom. The van der Waals surface area contributed by atoms with Gasteiger partial charge in [0.05, 0.1) is 12.0 Å². The van der Waals surface area contributed by atoms with Crippen LogP contribution in [0.1, 0.15) is 27.6 Å². The Hall–Kier alpha value is -3.13. The fourth-order valence-corrected chi connectivity index (χ4v) is 3.59. The standard InChI is InChI=1S/C20H19ClN4O4/c1-13-23-17(10-28-13)18(26)25-11-20(12-25,8-14-2-4-15(21)5-3-14)19(27)22-9-16-6-7-29-24-16/h2-7,10H,8-9,11-12H2,1H3,(H,22,27). The molecule has 2 amide bonds. The lowest BCUT2D eigenvalue weighted by atomic mass is 9.73. The lowest BCUT2D eigenvalue weighted by Crippen LogP contribution is -2.65. The minimum absolute atomic E-state index is 0.143. The van der Waals surface area contributed by atoms with Gasteiger partial charge in [0.1, 0.15) is 18.2 Å². The Morgan fingerprint density at radius 2 is 2.00 bits per heavy atom. The summed E-state index contributed by atoms with van der Waals surface area (Å²) in [5.74, 6) is 0.0281. The molecule has 1 N–H and O–H groups in total. The summed E-state index contributed by atoms with van der Waals surface area (Å²) in [7, 11) is 0. The molecule has 8 nitrogen and oxygen atoms in total. The molecular formula is C20H19ClN4O4. The van der Waals surface area contributed by atoms with Crippen LogP contribution in [0.3, 0.4) is 0 Å². The van der Waals surface area contributed by atoms with E-state index in [4.69, 9.17) is 20.5 Å². The molecule has 4 rings (SSSR count). The van der Waals surface area contributed by atoms with Gasteiger partial charge in [0.25, 0.3) is 5.91 Å². The quantitative estimate of drug-likeness (QED) is 0.665. The maximum atomic E-state index is 13.1. The molecule has 1 aliphatic rings. The van der Waals surface area contributed by atoms with Crippen LogP contribution in [0.5, 0.6) is 0 Å². The number of nitrogens with zero attached hydrogens (tertiary/aromatic N) is 3. The molecule has 150 valence electrons. The summed E-state index contributed by atoms with van der Waals surface area (Å²) in [6.45, 7) is 2.50. The van der Waals surface area contributed by atoms with Crippen molar-refractivity contribution in [3.8, 4) is 0 Å². The van der Waals surface area contributed by atoms with Gasteiger partial charge in [0, 0.05) is 31.1 Å². The Labute approximate surface area is 171 Å². The molecule has 1 aliphatic heterocycles. The van der Waals surface area contributed by atoms with Gasteiger partial charge in [0.2, 0.25) is 5.91 Å². The smallest absolute Gasteiger partial charge is 0.275 e. The van der Waals surface area contributed by atoms with E-state index in [2.05, 4.69) is 15.5 Å². The SMILES string of the molecule is Cc1nc(C(=O)N2CC(Cc3ccc(Cl)cc3)(C(=O)NCc3ccon3)C2)co1. The highest BCUT2D eigenvalue weighted by Gasteiger charge is 2.51. The zero-order chi connectivity index (χ0) is 20.4. The van der Waals surface area contributed by atoms with Crippen LogP contribution < -0.4 is 5.32 Å². The van der Waals surface area contributed by atoms with E-state index in [0.717, 1.165) is 5.56 Å². The predicted molar refractivity (Wildman–Crippen MR) is 103 cm³/mol. The number of hydrogen-bond acceptors (Lipinski definition) is 6. The third-order valence-electron chi connectivity index (χ3n) is 4.97. The summed E-state index contributed by atoms with van der Waals surface area (Å²) in [6.07, 6.45) is 3.27. The molecule has 3 heterocycles. The molecule has 0 radical (unpaired) electrons. The molecule has 0 bridgehead atoms. The second-order valence-corrected chi connectivity index (χ2v) is 7.61. The number of amides is 2. The van der Waals surface area contributed by atoms with E-state index in [1.165, 1.54) is 12.5 Å². The van der Waals surface area contributed by atoms with Crippen molar-refractivity contribution in [1.29, 1.82) is 0 Å². The van der Waals surface area contributed by atoms with Gasteiger partial charge in [-0.1, -0.05) is 28.9 Å². The van der Waals surface area contributed by atoms with Crippen molar-refractivity contribution in [2.45, 2.75) is 19.9 Å². The van der Waals surface area contributed by atoms with Gasteiger partial charge in [-0.15, -0.1) is 0 Å². The van der Waals surface area contributed by atoms with Gasteiger partial charge in [-0.05, 0) is 24.1 Å². The van der Waals surface area contributed by atoms with E-state index < -0.39 is 5.41 Å². The Morgan fingerprint density at radius 3 is 2.62 bits per heavy atom. The van der Waals surface area contributed by atoms with E-state index in [9.17, 15) is 9.59 Å². The number of aryl methyl sites for hydroxylation is 1. The predicted octanol–water partition coefficient (Wildman–Crippen LogP) is 2.63. The summed E-state index contributed by atoms with van der Waals surface area (Å²) in [4.78, 5) is 31.4. The van der Waals surface area contributed by atoms with Gasteiger partial charge in [0.15, 0.2) is 11.6 Å². The highest BCUT2D eigenvalue weighted by molar-refractivity contribution is 6.30. The fourth-order valence-electron chi connectivity index (χ4n) is 3.47. The summed E-state index contributed by atoms with van der Waals surface area (Å²) >= 11 is 5.97. The Balaban J connectivity index is 1.49. The fraction of sp³-hybridized carbons (Fsp3) is 0.300. The van der Waals surface area contributed by atoms with Crippen molar-refractivity contribution in [3.63, 3.8) is 0 Å². The molecular weight excluding hydrogens is 396 g/mol. The van der Waals surface area contributed by atoms with E-state index >= 15 is 0 Å². The van der Waals surface area contributed by atoms with E-state index in [0.29, 0.717) is 23.0 Å². The van der Waals surface area contributed by atoms with Gasteiger partial charge in [-0.2, -0.15) is 0 Å². The second-order valence-electron chi connectivity index (χ2n) is 7.17. The molecule has 3 aromatic rings. The van der Waals surface area contributed by atoms with Crippen molar-refractivity contribution in [2.75, 3.05) is 13.1 Å². The highest BCUT2D eigenvalue weighted by Crippen LogP contribution is 2.36. The maximum absolute atomic E-state index is 13.1. The zero-order valence-electron chi connectivity index (χ0n) is 15.7. The second kappa shape index (κ2) is 7.71. The van der Waals surface area contributed by atoms with Crippen molar-refractivity contribution < 1.29 is 18.5 Å². The van der Waals surface area contributed by atoms with Crippen molar-refractivity contribution >= 4 is 23.4 Å². The average molecular weight is 415 g/mol. The Kier molecular flexibility index (Phi) is 5.10. The lowest BCUT2D eigenvalue weighted by Gasteiger charge is -2.48. The molecule has 1 fully saturated rings. The third kappa shape index (κ3) is 4.02. The van der Waals surface area contributed by atoms with Gasteiger partial charge in [-0.25, -0.2) is 4.98 Å². The van der Waals surface area contributed by atoms with Gasteiger partial charge < -0.3 is 19.2 Å². The van der Waals surface area contributed by atoms with Crippen LogP contribution in [0.2, 0.25) is 5.02 Å². The summed E-state index contributed by atoms with van der Waals surface area (Å²) < 4.78 is 9.92. The number of hydrogen-bond donors (Lipinski definition) is 1. The molecule has 0 spiro atoms. The number of nitrogens with one attached hydrogen (secondary N) is 1. The maximum Gasteiger partial charge on any atom is 0.275 e. The molecule has 0 atom stereocenters. The molecule has 2 aromatic heterocycles. The van der Waals surface area contributed by atoms with E-state index in [1.54, 1.807) is 30.0 Å². The van der Waals surface area contributed by atoms with E-state index in [1.807, 2.05) is 12.1 Å². The number of halogens is 1. The number of likely N-dealkylation sites (tertiary alicyclic amines) is 1. The number of oxazole rings is 1. The minimum atomic E-state index is -0.744. The molecule has 0 aliphatic carbocycles. The minimum Gasteiger partial charge on any atom is -0.448 e. The van der Waals surface area contributed by atoms with Gasteiger partial charge >= 0.3 is 0 Å². The average Bonchev–Trinajstić information content (AvgIpc) is 3.35. The van der Waals surface area contributed by atoms with Crippen molar-refractivity contribution in [1.82, 2.24) is 20.4 Å². The summed E-state index contributed by atoms with van der Waals surface area (Å²) in [6, 6.07) is 9.05.